The number of carbonyl (C=O) groups is 1. The van der Waals surface area contributed by atoms with E-state index in [0.717, 1.165) is 12.8 Å². The average molecular weight is 306 g/mol. The first-order valence-electron chi connectivity index (χ1n) is 7.40. The van der Waals surface area contributed by atoms with Crippen LogP contribution >= 0.6 is 12.4 Å². The summed E-state index contributed by atoms with van der Waals surface area (Å²) in [4.78, 5) is 11.3. The van der Waals surface area contributed by atoms with Gasteiger partial charge in [0.25, 0.3) is 0 Å². The number of ether oxygens (including phenoxy) is 1. The number of unbranched alkanes of at least 4 members (excludes halogenated alkanes) is 3. The molecule has 1 unspecified atom stereocenters. The van der Waals surface area contributed by atoms with Crippen molar-refractivity contribution in [2.75, 3.05) is 6.61 Å². The van der Waals surface area contributed by atoms with Crippen LogP contribution in [0.4, 0.5) is 0 Å². The Bertz CT molecular complexity index is 285. The van der Waals surface area contributed by atoms with E-state index < -0.39 is 0 Å². The van der Waals surface area contributed by atoms with Crippen LogP contribution in [-0.4, -0.2) is 18.1 Å². The lowest BCUT2D eigenvalue weighted by Gasteiger charge is -2.30. The Labute approximate surface area is 130 Å². The van der Waals surface area contributed by atoms with E-state index >= 15 is 0 Å². The van der Waals surface area contributed by atoms with Gasteiger partial charge < -0.3 is 10.5 Å². The van der Waals surface area contributed by atoms with E-state index in [1.54, 1.807) is 6.92 Å². The molecular weight excluding hydrogens is 274 g/mol. The summed E-state index contributed by atoms with van der Waals surface area (Å²) < 4.78 is 5.16. The summed E-state index contributed by atoms with van der Waals surface area (Å²) >= 11 is 0. The lowest BCUT2D eigenvalue weighted by molar-refractivity contribution is -0.139. The number of esters is 1. The molecule has 0 heterocycles. The second-order valence-electron chi connectivity index (χ2n) is 6.07. The van der Waals surface area contributed by atoms with Crippen molar-refractivity contribution < 1.29 is 9.53 Å². The number of rotatable bonds is 10. The van der Waals surface area contributed by atoms with E-state index in [4.69, 9.17) is 10.5 Å². The predicted molar refractivity (Wildman–Crippen MR) is 88.2 cm³/mol. The zero-order chi connectivity index (χ0) is 14.9. The fourth-order valence-electron chi connectivity index (χ4n) is 2.12. The minimum Gasteiger partial charge on any atom is -0.462 e. The van der Waals surface area contributed by atoms with Gasteiger partial charge >= 0.3 is 5.97 Å². The fraction of sp³-hybridized carbons (Fsp3) is 0.812. The van der Waals surface area contributed by atoms with Crippen LogP contribution in [0.15, 0.2) is 12.2 Å². The average Bonchev–Trinajstić information content (AvgIpc) is 2.30. The van der Waals surface area contributed by atoms with Crippen molar-refractivity contribution in [3.63, 3.8) is 0 Å². The zero-order valence-corrected chi connectivity index (χ0v) is 14.4. The summed E-state index contributed by atoms with van der Waals surface area (Å²) in [5.74, 6) is 0.0850. The molecular formula is C16H32ClNO2. The van der Waals surface area contributed by atoms with Gasteiger partial charge in [-0.25, -0.2) is 4.79 Å². The summed E-state index contributed by atoms with van der Waals surface area (Å²) in [6.07, 6.45) is 6.92. The lowest BCUT2D eigenvalue weighted by atomic mass is 9.82. The molecule has 0 bridgehead atoms. The zero-order valence-electron chi connectivity index (χ0n) is 13.5. The quantitative estimate of drug-likeness (QED) is 0.373. The van der Waals surface area contributed by atoms with Gasteiger partial charge in [0.15, 0.2) is 0 Å². The Morgan fingerprint density at radius 3 is 2.30 bits per heavy atom. The minimum absolute atomic E-state index is 0. The van der Waals surface area contributed by atoms with Gasteiger partial charge in [-0.3, -0.25) is 0 Å². The molecule has 0 aliphatic rings. The summed E-state index contributed by atoms with van der Waals surface area (Å²) in [7, 11) is 0. The van der Waals surface area contributed by atoms with E-state index in [9.17, 15) is 4.79 Å². The molecule has 0 aliphatic heterocycles. The van der Waals surface area contributed by atoms with Gasteiger partial charge in [-0.05, 0) is 39.5 Å². The molecule has 0 fully saturated rings. The van der Waals surface area contributed by atoms with Gasteiger partial charge in [-0.1, -0.05) is 39.2 Å². The largest absolute Gasteiger partial charge is 0.462 e. The molecule has 0 saturated heterocycles. The molecule has 0 aromatic heterocycles. The smallest absolute Gasteiger partial charge is 0.333 e. The van der Waals surface area contributed by atoms with Crippen molar-refractivity contribution in [2.45, 2.75) is 71.8 Å². The predicted octanol–water partition coefficient (Wildman–Crippen LogP) is 4.24. The molecule has 0 spiro atoms. The first-order valence-corrected chi connectivity index (χ1v) is 7.40. The van der Waals surface area contributed by atoms with Crippen LogP contribution in [0.2, 0.25) is 0 Å². The summed E-state index contributed by atoms with van der Waals surface area (Å²) in [5.41, 5.74) is 6.44. The topological polar surface area (TPSA) is 52.3 Å². The SMILES string of the molecule is C=C(C)C(=O)OCCC(CCCCCC)C(C)(C)N.Cl. The number of carbonyl (C=O) groups excluding carboxylic acids is 1. The third-order valence-electron chi connectivity index (χ3n) is 3.51. The van der Waals surface area contributed by atoms with Crippen LogP contribution in [0, 0.1) is 5.92 Å². The van der Waals surface area contributed by atoms with E-state index in [2.05, 4.69) is 27.4 Å². The van der Waals surface area contributed by atoms with Crippen LogP contribution in [0.25, 0.3) is 0 Å². The molecule has 20 heavy (non-hydrogen) atoms. The molecule has 2 N–H and O–H groups in total. The standard InChI is InChI=1S/C16H31NO2.ClH/c1-6-7-8-9-10-14(16(4,5)17)11-12-19-15(18)13(2)3;/h14H,2,6-12,17H2,1,3-5H3;1H. The normalized spacial score (nSPS) is 12.4. The molecule has 0 radical (unpaired) electrons. The molecule has 120 valence electrons. The van der Waals surface area contributed by atoms with Gasteiger partial charge in [0, 0.05) is 11.1 Å². The Balaban J connectivity index is 0. The van der Waals surface area contributed by atoms with Crippen molar-refractivity contribution in [3.05, 3.63) is 12.2 Å². The maximum atomic E-state index is 11.3. The Morgan fingerprint density at radius 2 is 1.85 bits per heavy atom. The van der Waals surface area contributed by atoms with Crippen LogP contribution < -0.4 is 5.73 Å². The molecule has 0 aromatic carbocycles. The van der Waals surface area contributed by atoms with Gasteiger partial charge in [-0.2, -0.15) is 0 Å². The molecule has 0 rings (SSSR count). The highest BCUT2D eigenvalue weighted by Crippen LogP contribution is 2.24. The van der Waals surface area contributed by atoms with E-state index in [1.165, 1.54) is 25.7 Å². The molecule has 0 aromatic rings. The maximum Gasteiger partial charge on any atom is 0.333 e. The summed E-state index contributed by atoms with van der Waals surface area (Å²) in [5, 5.41) is 0. The summed E-state index contributed by atoms with van der Waals surface area (Å²) in [6, 6.07) is 0. The van der Waals surface area contributed by atoms with E-state index in [-0.39, 0.29) is 23.9 Å². The van der Waals surface area contributed by atoms with Crippen molar-refractivity contribution >= 4 is 18.4 Å². The van der Waals surface area contributed by atoms with Crippen LogP contribution in [0.1, 0.15) is 66.2 Å². The second-order valence-corrected chi connectivity index (χ2v) is 6.07. The van der Waals surface area contributed by atoms with Crippen LogP contribution in [0.5, 0.6) is 0 Å². The summed E-state index contributed by atoms with van der Waals surface area (Å²) in [6.45, 7) is 12.0. The number of hydrogen-bond donors (Lipinski definition) is 1. The molecule has 0 aliphatic carbocycles. The first-order chi connectivity index (χ1) is 8.79. The monoisotopic (exact) mass is 305 g/mol. The fourth-order valence-corrected chi connectivity index (χ4v) is 2.12. The first kappa shape index (κ1) is 21.8. The van der Waals surface area contributed by atoms with Crippen molar-refractivity contribution in [2.24, 2.45) is 11.7 Å². The van der Waals surface area contributed by atoms with Gasteiger partial charge in [0.05, 0.1) is 6.61 Å². The van der Waals surface area contributed by atoms with Crippen molar-refractivity contribution in [1.82, 2.24) is 0 Å². The number of nitrogens with two attached hydrogens (primary N) is 1. The highest BCUT2D eigenvalue weighted by molar-refractivity contribution is 5.86. The van der Waals surface area contributed by atoms with Crippen molar-refractivity contribution in [1.29, 1.82) is 0 Å². The Kier molecular flexibility index (Phi) is 12.1. The van der Waals surface area contributed by atoms with Gasteiger partial charge in [0.1, 0.15) is 0 Å². The van der Waals surface area contributed by atoms with Crippen LogP contribution in [-0.2, 0) is 9.53 Å². The second kappa shape index (κ2) is 11.2. The Hall–Kier alpha value is -0.540. The maximum absolute atomic E-state index is 11.3. The molecule has 3 nitrogen and oxygen atoms in total. The molecule has 0 saturated carbocycles. The highest BCUT2D eigenvalue weighted by atomic mass is 35.5. The number of halogens is 1. The van der Waals surface area contributed by atoms with E-state index in [1.807, 2.05) is 0 Å². The number of hydrogen-bond acceptors (Lipinski definition) is 3. The molecule has 1 atom stereocenters. The van der Waals surface area contributed by atoms with E-state index in [0.29, 0.717) is 18.1 Å². The van der Waals surface area contributed by atoms with Gasteiger partial charge in [0.2, 0.25) is 0 Å². The van der Waals surface area contributed by atoms with Crippen LogP contribution in [0.3, 0.4) is 0 Å². The third-order valence-corrected chi connectivity index (χ3v) is 3.51. The third kappa shape index (κ3) is 10.3. The highest BCUT2D eigenvalue weighted by Gasteiger charge is 2.24. The minimum atomic E-state index is -0.306. The van der Waals surface area contributed by atoms with Crippen molar-refractivity contribution in [3.8, 4) is 0 Å². The molecule has 0 amide bonds. The Morgan fingerprint density at radius 1 is 1.25 bits per heavy atom. The molecule has 4 heteroatoms. The lowest BCUT2D eigenvalue weighted by Crippen LogP contribution is -2.41. The van der Waals surface area contributed by atoms with Gasteiger partial charge in [-0.15, -0.1) is 12.4 Å².